The highest BCUT2D eigenvalue weighted by Crippen LogP contribution is 2.28. The summed E-state index contributed by atoms with van der Waals surface area (Å²) in [6.45, 7) is 1.89. The lowest BCUT2D eigenvalue weighted by atomic mass is 9.95. The first-order valence-corrected chi connectivity index (χ1v) is 9.61. The molecule has 1 fully saturated rings. The molecule has 2 aliphatic rings. The van der Waals surface area contributed by atoms with Crippen molar-refractivity contribution in [2.75, 3.05) is 18.0 Å². The van der Waals surface area contributed by atoms with E-state index in [4.69, 9.17) is 0 Å². The number of thiophene rings is 1. The van der Waals surface area contributed by atoms with Gasteiger partial charge in [-0.05, 0) is 50.0 Å². The Morgan fingerprint density at radius 1 is 1.21 bits per heavy atom. The van der Waals surface area contributed by atoms with Crippen LogP contribution in [0, 0.1) is 0 Å². The van der Waals surface area contributed by atoms with Crippen LogP contribution in [0.25, 0.3) is 0 Å². The number of aromatic nitrogens is 2. The van der Waals surface area contributed by atoms with Gasteiger partial charge in [0.2, 0.25) is 0 Å². The Labute approximate surface area is 146 Å². The molecule has 5 nitrogen and oxygen atoms in total. The number of rotatable bonds is 3. The molecule has 1 saturated heterocycles. The number of hydrogen-bond donors (Lipinski definition) is 1. The monoisotopic (exact) mass is 342 g/mol. The molecule has 1 aliphatic carbocycles. The smallest absolute Gasteiger partial charge is 0.261 e. The summed E-state index contributed by atoms with van der Waals surface area (Å²) in [6, 6.07) is 4.05. The highest BCUT2D eigenvalue weighted by Gasteiger charge is 2.25. The summed E-state index contributed by atoms with van der Waals surface area (Å²) < 4.78 is 0. The van der Waals surface area contributed by atoms with Crippen molar-refractivity contribution in [1.29, 1.82) is 0 Å². The fraction of sp³-hybridized carbons (Fsp3) is 0.500. The molecule has 2 aromatic heterocycles. The van der Waals surface area contributed by atoms with Gasteiger partial charge in [0.1, 0.15) is 12.1 Å². The number of nitrogens with one attached hydrogen (secondary N) is 1. The molecule has 0 unspecified atom stereocenters. The molecule has 0 atom stereocenters. The van der Waals surface area contributed by atoms with E-state index in [0.29, 0.717) is 0 Å². The number of hydrogen-bond acceptors (Lipinski definition) is 5. The minimum Gasteiger partial charge on any atom is -0.356 e. The first-order chi connectivity index (χ1) is 11.8. The second-order valence-electron chi connectivity index (χ2n) is 6.54. The SMILES string of the molecule is O=C(NC1CCN(c2ncnc3c2CCCC3)CC1)c1cccs1. The van der Waals surface area contributed by atoms with Crippen LogP contribution in [-0.4, -0.2) is 35.0 Å². The zero-order valence-corrected chi connectivity index (χ0v) is 14.5. The number of amides is 1. The lowest BCUT2D eigenvalue weighted by Crippen LogP contribution is -2.45. The fourth-order valence-electron chi connectivity index (χ4n) is 3.68. The number of aryl methyl sites for hydroxylation is 1. The third-order valence-corrected chi connectivity index (χ3v) is 5.85. The van der Waals surface area contributed by atoms with Gasteiger partial charge < -0.3 is 10.2 Å². The molecule has 6 heteroatoms. The summed E-state index contributed by atoms with van der Waals surface area (Å²) in [5, 5.41) is 5.11. The Balaban J connectivity index is 1.39. The normalized spacial score (nSPS) is 18.2. The van der Waals surface area contributed by atoms with Gasteiger partial charge in [-0.2, -0.15) is 0 Å². The van der Waals surface area contributed by atoms with E-state index in [2.05, 4.69) is 20.2 Å². The van der Waals surface area contributed by atoms with Gasteiger partial charge in [-0.1, -0.05) is 6.07 Å². The van der Waals surface area contributed by atoms with E-state index in [1.165, 1.54) is 35.4 Å². The number of piperidine rings is 1. The number of carbonyl (C=O) groups excluding carboxylic acids is 1. The van der Waals surface area contributed by atoms with Crippen LogP contribution < -0.4 is 10.2 Å². The predicted molar refractivity (Wildman–Crippen MR) is 95.7 cm³/mol. The van der Waals surface area contributed by atoms with Crippen molar-refractivity contribution in [2.24, 2.45) is 0 Å². The van der Waals surface area contributed by atoms with Crippen LogP contribution in [0.15, 0.2) is 23.8 Å². The van der Waals surface area contributed by atoms with Gasteiger partial charge in [-0.3, -0.25) is 4.79 Å². The molecule has 1 amide bonds. The number of fused-ring (bicyclic) bond motifs is 1. The first-order valence-electron chi connectivity index (χ1n) is 8.73. The number of nitrogens with zero attached hydrogens (tertiary/aromatic N) is 3. The predicted octanol–water partition coefficient (Wildman–Crippen LogP) is 2.82. The Kier molecular flexibility index (Phi) is 4.47. The molecule has 126 valence electrons. The van der Waals surface area contributed by atoms with Gasteiger partial charge in [0.25, 0.3) is 5.91 Å². The zero-order chi connectivity index (χ0) is 16.4. The van der Waals surface area contributed by atoms with Gasteiger partial charge in [0.05, 0.1) is 4.88 Å². The minimum absolute atomic E-state index is 0.0582. The van der Waals surface area contributed by atoms with Crippen LogP contribution in [0.3, 0.4) is 0 Å². The minimum atomic E-state index is 0.0582. The molecule has 24 heavy (non-hydrogen) atoms. The molecular formula is C18H22N4OS. The summed E-state index contributed by atoms with van der Waals surface area (Å²) in [6.07, 6.45) is 8.30. The van der Waals surface area contributed by atoms with Crippen LogP contribution in [0.4, 0.5) is 5.82 Å². The van der Waals surface area contributed by atoms with Crippen LogP contribution in [0.2, 0.25) is 0 Å². The second-order valence-corrected chi connectivity index (χ2v) is 7.49. The van der Waals surface area contributed by atoms with Crippen molar-refractivity contribution in [3.05, 3.63) is 40.0 Å². The summed E-state index contributed by atoms with van der Waals surface area (Å²) in [5.74, 6) is 1.19. The van der Waals surface area contributed by atoms with E-state index in [1.807, 2.05) is 17.5 Å². The third kappa shape index (κ3) is 3.15. The van der Waals surface area contributed by atoms with Gasteiger partial charge in [-0.15, -0.1) is 11.3 Å². The molecule has 0 saturated carbocycles. The average Bonchev–Trinajstić information content (AvgIpc) is 3.17. The zero-order valence-electron chi connectivity index (χ0n) is 13.7. The maximum Gasteiger partial charge on any atom is 0.261 e. The van der Waals surface area contributed by atoms with Crippen molar-refractivity contribution < 1.29 is 4.79 Å². The van der Waals surface area contributed by atoms with Crippen molar-refractivity contribution in [1.82, 2.24) is 15.3 Å². The molecule has 1 aliphatic heterocycles. The van der Waals surface area contributed by atoms with Gasteiger partial charge in [0, 0.05) is 30.4 Å². The molecular weight excluding hydrogens is 320 g/mol. The third-order valence-electron chi connectivity index (χ3n) is 4.98. The number of carbonyl (C=O) groups is 1. The highest BCUT2D eigenvalue weighted by atomic mass is 32.1. The summed E-state index contributed by atoms with van der Waals surface area (Å²) >= 11 is 1.49. The van der Waals surface area contributed by atoms with Crippen molar-refractivity contribution in [2.45, 2.75) is 44.6 Å². The van der Waals surface area contributed by atoms with Crippen molar-refractivity contribution >= 4 is 23.1 Å². The molecule has 4 rings (SSSR count). The van der Waals surface area contributed by atoms with Crippen LogP contribution in [0.1, 0.15) is 46.6 Å². The summed E-state index contributed by atoms with van der Waals surface area (Å²) in [7, 11) is 0. The van der Waals surface area contributed by atoms with Gasteiger partial charge in [-0.25, -0.2) is 9.97 Å². The van der Waals surface area contributed by atoms with E-state index < -0.39 is 0 Å². The Hall–Kier alpha value is -1.95. The van der Waals surface area contributed by atoms with Gasteiger partial charge >= 0.3 is 0 Å². The standard InChI is InChI=1S/C18H22N4OS/c23-18(16-6-3-11-24-16)21-13-7-9-22(10-8-13)17-14-4-1-2-5-15(14)19-12-20-17/h3,6,11-13H,1-2,4-5,7-10H2,(H,21,23). The average molecular weight is 342 g/mol. The van der Waals surface area contributed by atoms with E-state index in [-0.39, 0.29) is 11.9 Å². The number of anilines is 1. The van der Waals surface area contributed by atoms with Crippen LogP contribution >= 0.6 is 11.3 Å². The summed E-state index contributed by atoms with van der Waals surface area (Å²) in [4.78, 5) is 24.4. The van der Waals surface area contributed by atoms with Gasteiger partial charge in [0.15, 0.2) is 0 Å². The quantitative estimate of drug-likeness (QED) is 0.932. The Morgan fingerprint density at radius 2 is 2.04 bits per heavy atom. The first kappa shape index (κ1) is 15.6. The molecule has 0 radical (unpaired) electrons. The topological polar surface area (TPSA) is 58.1 Å². The molecule has 0 spiro atoms. The molecule has 1 N–H and O–H groups in total. The lowest BCUT2D eigenvalue weighted by Gasteiger charge is -2.34. The Morgan fingerprint density at radius 3 is 2.83 bits per heavy atom. The van der Waals surface area contributed by atoms with Crippen molar-refractivity contribution in [3.8, 4) is 0 Å². The van der Waals surface area contributed by atoms with Crippen LogP contribution in [-0.2, 0) is 12.8 Å². The van der Waals surface area contributed by atoms with E-state index in [1.54, 1.807) is 6.33 Å². The van der Waals surface area contributed by atoms with Crippen molar-refractivity contribution in [3.63, 3.8) is 0 Å². The maximum atomic E-state index is 12.2. The Bertz CT molecular complexity index is 708. The lowest BCUT2D eigenvalue weighted by molar-refractivity contribution is 0.0935. The molecule has 0 aromatic carbocycles. The van der Waals surface area contributed by atoms with E-state index in [0.717, 1.165) is 49.5 Å². The molecule has 0 bridgehead atoms. The largest absolute Gasteiger partial charge is 0.356 e. The highest BCUT2D eigenvalue weighted by molar-refractivity contribution is 7.12. The molecule has 2 aromatic rings. The summed E-state index contributed by atoms with van der Waals surface area (Å²) in [5.41, 5.74) is 2.59. The molecule has 3 heterocycles. The van der Waals surface area contributed by atoms with E-state index >= 15 is 0 Å². The van der Waals surface area contributed by atoms with E-state index in [9.17, 15) is 4.79 Å². The maximum absolute atomic E-state index is 12.2. The fourth-order valence-corrected chi connectivity index (χ4v) is 4.30. The second kappa shape index (κ2) is 6.89. The van der Waals surface area contributed by atoms with Crippen LogP contribution in [0.5, 0.6) is 0 Å².